The van der Waals surface area contributed by atoms with Crippen LogP contribution in [0.3, 0.4) is 0 Å². The van der Waals surface area contributed by atoms with Crippen molar-refractivity contribution in [3.05, 3.63) is 90.0 Å². The summed E-state index contributed by atoms with van der Waals surface area (Å²) in [5.74, 6) is 0.824. The number of carbonyl (C=O) groups is 1. The number of tetrazole rings is 1. The highest BCUT2D eigenvalue weighted by molar-refractivity contribution is 7.99. The van der Waals surface area contributed by atoms with E-state index < -0.39 is 0 Å². The van der Waals surface area contributed by atoms with E-state index in [1.54, 1.807) is 11.8 Å². The lowest BCUT2D eigenvalue weighted by molar-refractivity contribution is -0.113. The van der Waals surface area contributed by atoms with E-state index in [1.165, 1.54) is 17.3 Å². The molecule has 0 aliphatic rings. The lowest BCUT2D eigenvalue weighted by Crippen LogP contribution is -2.16. The van der Waals surface area contributed by atoms with Crippen molar-refractivity contribution in [1.29, 1.82) is 0 Å². The molecular weight excluding hydrogens is 410 g/mol. The number of para-hydroxylation sites is 1. The van der Waals surface area contributed by atoms with Gasteiger partial charge in [0.05, 0.1) is 18.6 Å². The molecule has 31 heavy (non-hydrogen) atoms. The van der Waals surface area contributed by atoms with E-state index >= 15 is 0 Å². The normalized spacial score (nSPS) is 10.6. The van der Waals surface area contributed by atoms with Crippen molar-refractivity contribution in [2.24, 2.45) is 0 Å². The average molecular weight is 432 g/mol. The highest BCUT2D eigenvalue weighted by Crippen LogP contribution is 2.22. The number of nitrogens with zero attached hydrogens (tertiary/aromatic N) is 4. The van der Waals surface area contributed by atoms with Crippen molar-refractivity contribution in [2.45, 2.75) is 11.6 Å². The monoisotopic (exact) mass is 431 g/mol. The number of carbonyl (C=O) groups excluding carboxylic acids is 1. The Bertz CT molecular complexity index is 1150. The van der Waals surface area contributed by atoms with Gasteiger partial charge in [-0.3, -0.25) is 4.79 Å². The summed E-state index contributed by atoms with van der Waals surface area (Å²) in [7, 11) is 1.62. The Hall–Kier alpha value is -3.65. The molecule has 1 aromatic heterocycles. The maximum Gasteiger partial charge on any atom is 0.234 e. The van der Waals surface area contributed by atoms with Crippen LogP contribution in [0.25, 0.3) is 5.69 Å². The molecule has 0 aliphatic heterocycles. The van der Waals surface area contributed by atoms with Crippen LogP contribution in [-0.2, 0) is 11.2 Å². The van der Waals surface area contributed by atoms with Crippen LogP contribution in [0.1, 0.15) is 11.1 Å². The van der Waals surface area contributed by atoms with E-state index in [-0.39, 0.29) is 11.7 Å². The molecule has 3 aromatic carbocycles. The van der Waals surface area contributed by atoms with E-state index in [2.05, 4.69) is 33.0 Å². The Kier molecular flexibility index (Phi) is 6.59. The molecule has 0 spiro atoms. The molecule has 156 valence electrons. The van der Waals surface area contributed by atoms with E-state index in [9.17, 15) is 4.79 Å². The Morgan fingerprint density at radius 3 is 2.52 bits per heavy atom. The fourth-order valence-electron chi connectivity index (χ4n) is 3.08. The van der Waals surface area contributed by atoms with Crippen LogP contribution < -0.4 is 10.1 Å². The molecule has 7 nitrogen and oxygen atoms in total. The number of amides is 1. The lowest BCUT2D eigenvalue weighted by Gasteiger charge is -2.11. The maximum atomic E-state index is 12.6. The lowest BCUT2D eigenvalue weighted by atomic mass is 10.0. The molecule has 0 radical (unpaired) electrons. The van der Waals surface area contributed by atoms with E-state index in [0.717, 1.165) is 29.1 Å². The highest BCUT2D eigenvalue weighted by Gasteiger charge is 2.13. The number of ether oxygens (including phenoxy) is 1. The average Bonchev–Trinajstić information content (AvgIpc) is 3.28. The molecule has 1 heterocycles. The number of hydrogen-bond acceptors (Lipinski definition) is 6. The first kappa shape index (κ1) is 20.6. The molecule has 4 rings (SSSR count). The predicted octanol–water partition coefficient (Wildman–Crippen LogP) is 3.99. The number of rotatable bonds is 8. The number of anilines is 1. The second-order valence-electron chi connectivity index (χ2n) is 6.73. The van der Waals surface area contributed by atoms with Gasteiger partial charge in [-0.1, -0.05) is 60.3 Å². The summed E-state index contributed by atoms with van der Waals surface area (Å²) < 4.78 is 6.78. The summed E-state index contributed by atoms with van der Waals surface area (Å²) in [5.41, 5.74) is 3.86. The quantitative estimate of drug-likeness (QED) is 0.425. The summed E-state index contributed by atoms with van der Waals surface area (Å²) in [6.07, 6.45) is 0.750. The Labute approximate surface area is 184 Å². The minimum atomic E-state index is -0.116. The summed E-state index contributed by atoms with van der Waals surface area (Å²) >= 11 is 1.28. The van der Waals surface area contributed by atoms with Gasteiger partial charge in [-0.15, -0.1) is 5.10 Å². The summed E-state index contributed by atoms with van der Waals surface area (Å²) in [6.45, 7) is 0. The highest BCUT2D eigenvalue weighted by atomic mass is 32.2. The van der Waals surface area contributed by atoms with Crippen LogP contribution >= 0.6 is 11.8 Å². The fourth-order valence-corrected chi connectivity index (χ4v) is 3.77. The number of methoxy groups -OCH3 is 1. The second kappa shape index (κ2) is 9.90. The third-order valence-corrected chi connectivity index (χ3v) is 5.54. The minimum absolute atomic E-state index is 0.116. The first-order chi connectivity index (χ1) is 15.2. The number of benzene rings is 3. The summed E-state index contributed by atoms with van der Waals surface area (Å²) in [5, 5.41) is 15.4. The molecule has 4 aromatic rings. The van der Waals surface area contributed by atoms with Gasteiger partial charge >= 0.3 is 0 Å². The van der Waals surface area contributed by atoms with E-state index in [1.807, 2.05) is 66.7 Å². The van der Waals surface area contributed by atoms with Crippen molar-refractivity contribution >= 4 is 23.4 Å². The van der Waals surface area contributed by atoms with Crippen LogP contribution in [0.5, 0.6) is 5.75 Å². The zero-order valence-corrected chi connectivity index (χ0v) is 17.7. The summed E-state index contributed by atoms with van der Waals surface area (Å²) in [4.78, 5) is 12.6. The predicted molar refractivity (Wildman–Crippen MR) is 121 cm³/mol. The van der Waals surface area contributed by atoms with Crippen LogP contribution in [0, 0.1) is 0 Å². The van der Waals surface area contributed by atoms with E-state index in [0.29, 0.717) is 5.16 Å². The molecular formula is C23H21N5O2S. The standard InChI is InChI=1S/C23H21N5O2S/c1-30-20-13-11-19(12-14-20)28-23(25-26-27-28)31-16-22(29)24-21-10-6-5-9-18(21)15-17-7-3-2-4-8-17/h2-14H,15-16H2,1H3,(H,24,29). The number of nitrogens with one attached hydrogen (secondary N) is 1. The second-order valence-corrected chi connectivity index (χ2v) is 7.67. The van der Waals surface area contributed by atoms with Gasteiger partial charge in [0.25, 0.3) is 0 Å². The summed E-state index contributed by atoms with van der Waals surface area (Å²) in [6, 6.07) is 25.4. The molecule has 0 bridgehead atoms. The molecule has 0 saturated carbocycles. The first-order valence-corrected chi connectivity index (χ1v) is 10.7. The van der Waals surface area contributed by atoms with E-state index in [4.69, 9.17) is 4.74 Å². The van der Waals surface area contributed by atoms with Gasteiger partial charge in [0.15, 0.2) is 0 Å². The van der Waals surface area contributed by atoms with Crippen molar-refractivity contribution < 1.29 is 9.53 Å². The van der Waals surface area contributed by atoms with Crippen LogP contribution in [0.2, 0.25) is 0 Å². The van der Waals surface area contributed by atoms with Crippen molar-refractivity contribution in [3.8, 4) is 11.4 Å². The first-order valence-electron chi connectivity index (χ1n) is 9.70. The SMILES string of the molecule is COc1ccc(-n2nnnc2SCC(=O)Nc2ccccc2Cc2ccccc2)cc1. The Morgan fingerprint density at radius 2 is 1.74 bits per heavy atom. The molecule has 8 heteroatoms. The van der Waals surface area contributed by atoms with Gasteiger partial charge in [0, 0.05) is 5.69 Å². The third kappa shape index (κ3) is 5.29. The molecule has 0 fully saturated rings. The third-order valence-electron chi connectivity index (χ3n) is 4.62. The number of aromatic nitrogens is 4. The van der Waals surface area contributed by atoms with Crippen LogP contribution in [0.4, 0.5) is 5.69 Å². The van der Waals surface area contributed by atoms with Gasteiger partial charge in [0.2, 0.25) is 11.1 Å². The van der Waals surface area contributed by atoms with Gasteiger partial charge in [0.1, 0.15) is 5.75 Å². The number of thioether (sulfide) groups is 1. The minimum Gasteiger partial charge on any atom is -0.497 e. The smallest absolute Gasteiger partial charge is 0.234 e. The zero-order chi connectivity index (χ0) is 21.5. The Morgan fingerprint density at radius 1 is 1.00 bits per heavy atom. The number of hydrogen-bond donors (Lipinski definition) is 1. The van der Waals surface area contributed by atoms with Gasteiger partial charge in [-0.2, -0.15) is 4.68 Å². The van der Waals surface area contributed by atoms with Gasteiger partial charge < -0.3 is 10.1 Å². The van der Waals surface area contributed by atoms with Crippen molar-refractivity contribution in [1.82, 2.24) is 20.2 Å². The molecule has 1 amide bonds. The van der Waals surface area contributed by atoms with Crippen LogP contribution in [0.15, 0.2) is 84.0 Å². The maximum absolute atomic E-state index is 12.6. The Balaban J connectivity index is 1.40. The zero-order valence-electron chi connectivity index (χ0n) is 16.9. The molecule has 1 N–H and O–H groups in total. The van der Waals surface area contributed by atoms with Crippen LogP contribution in [-0.4, -0.2) is 39.0 Å². The van der Waals surface area contributed by atoms with Crippen molar-refractivity contribution in [3.63, 3.8) is 0 Å². The molecule has 0 saturated heterocycles. The topological polar surface area (TPSA) is 81.9 Å². The van der Waals surface area contributed by atoms with Gasteiger partial charge in [-0.25, -0.2) is 0 Å². The fraction of sp³-hybridized carbons (Fsp3) is 0.130. The largest absolute Gasteiger partial charge is 0.497 e. The van der Waals surface area contributed by atoms with Gasteiger partial charge in [-0.05, 0) is 58.3 Å². The molecule has 0 atom stereocenters. The molecule has 0 aliphatic carbocycles. The van der Waals surface area contributed by atoms with Crippen molar-refractivity contribution in [2.75, 3.05) is 18.2 Å². The molecule has 0 unspecified atom stereocenters.